The van der Waals surface area contributed by atoms with E-state index in [9.17, 15) is 4.79 Å². The number of likely N-dealkylation sites (tertiary alicyclic amines) is 1. The lowest BCUT2D eigenvalue weighted by Crippen LogP contribution is -2.52. The van der Waals surface area contributed by atoms with Crippen LogP contribution in [-0.4, -0.2) is 47.8 Å². The van der Waals surface area contributed by atoms with Gasteiger partial charge in [0.25, 0.3) is 0 Å². The third-order valence-electron chi connectivity index (χ3n) is 3.10. The van der Waals surface area contributed by atoms with Crippen LogP contribution in [0.1, 0.15) is 26.7 Å². The molecule has 1 heterocycles. The molecule has 0 spiro atoms. The summed E-state index contributed by atoms with van der Waals surface area (Å²) in [5.74, 6) is 0.645. The Hall–Kier alpha value is -0.810. The van der Waals surface area contributed by atoms with Gasteiger partial charge in [0.15, 0.2) is 0 Å². The SMILES string of the molecule is CC(C)(CN1CCC(CN)CC1)NC(=O)O. The average Bonchev–Trinajstić information content (AvgIpc) is 2.16. The van der Waals surface area contributed by atoms with Crippen molar-refractivity contribution in [3.05, 3.63) is 0 Å². The molecule has 1 saturated heterocycles. The summed E-state index contributed by atoms with van der Waals surface area (Å²) in [6, 6.07) is 0. The first-order chi connectivity index (χ1) is 7.43. The summed E-state index contributed by atoms with van der Waals surface area (Å²) < 4.78 is 0. The van der Waals surface area contributed by atoms with Crippen LogP contribution >= 0.6 is 0 Å². The first kappa shape index (κ1) is 13.3. The predicted octanol–water partition coefficient (Wildman–Crippen LogP) is 0.703. The van der Waals surface area contributed by atoms with Gasteiger partial charge in [-0.15, -0.1) is 0 Å². The third-order valence-corrected chi connectivity index (χ3v) is 3.10. The van der Waals surface area contributed by atoms with Gasteiger partial charge < -0.3 is 21.1 Å². The van der Waals surface area contributed by atoms with Gasteiger partial charge in [-0.1, -0.05) is 0 Å². The van der Waals surface area contributed by atoms with Gasteiger partial charge in [0.05, 0.1) is 5.54 Å². The van der Waals surface area contributed by atoms with E-state index in [2.05, 4.69) is 10.2 Å². The summed E-state index contributed by atoms with van der Waals surface area (Å²) >= 11 is 0. The summed E-state index contributed by atoms with van der Waals surface area (Å²) in [6.07, 6.45) is 1.29. The standard InChI is InChI=1S/C11H23N3O2/c1-11(2,13-10(15)16)8-14-5-3-9(7-12)4-6-14/h9,13H,3-8,12H2,1-2H3,(H,15,16). The predicted molar refractivity (Wildman–Crippen MR) is 63.5 cm³/mol. The highest BCUT2D eigenvalue weighted by atomic mass is 16.4. The van der Waals surface area contributed by atoms with Crippen molar-refractivity contribution in [1.82, 2.24) is 10.2 Å². The molecule has 0 bridgehead atoms. The molecule has 4 N–H and O–H groups in total. The molecule has 0 aromatic heterocycles. The summed E-state index contributed by atoms with van der Waals surface area (Å²) in [5, 5.41) is 11.3. The van der Waals surface area contributed by atoms with E-state index in [1.54, 1.807) is 0 Å². The molecule has 0 radical (unpaired) electrons. The summed E-state index contributed by atoms with van der Waals surface area (Å²) in [4.78, 5) is 12.9. The number of hydrogen-bond donors (Lipinski definition) is 3. The molecule has 0 aromatic carbocycles. The summed E-state index contributed by atoms with van der Waals surface area (Å²) in [5.41, 5.74) is 5.25. The monoisotopic (exact) mass is 229 g/mol. The van der Waals surface area contributed by atoms with Crippen molar-refractivity contribution >= 4 is 6.09 Å². The smallest absolute Gasteiger partial charge is 0.405 e. The van der Waals surface area contributed by atoms with E-state index >= 15 is 0 Å². The van der Waals surface area contributed by atoms with Crippen LogP contribution in [0.3, 0.4) is 0 Å². The van der Waals surface area contributed by atoms with Crippen LogP contribution in [0.5, 0.6) is 0 Å². The van der Waals surface area contributed by atoms with Gasteiger partial charge in [-0.05, 0) is 52.2 Å². The molecule has 5 nitrogen and oxygen atoms in total. The highest BCUT2D eigenvalue weighted by Crippen LogP contribution is 2.17. The lowest BCUT2D eigenvalue weighted by atomic mass is 9.95. The number of carbonyl (C=O) groups is 1. The van der Waals surface area contributed by atoms with E-state index in [-0.39, 0.29) is 5.54 Å². The molecule has 1 aliphatic rings. The molecule has 0 aliphatic carbocycles. The number of amides is 1. The Morgan fingerprint density at radius 3 is 2.50 bits per heavy atom. The van der Waals surface area contributed by atoms with Gasteiger partial charge >= 0.3 is 6.09 Å². The van der Waals surface area contributed by atoms with Gasteiger partial charge in [0, 0.05) is 6.54 Å². The number of carboxylic acid groups (broad SMARTS) is 1. The second kappa shape index (κ2) is 5.50. The molecule has 1 fully saturated rings. The fraction of sp³-hybridized carbons (Fsp3) is 0.909. The van der Waals surface area contributed by atoms with E-state index in [0.717, 1.165) is 39.0 Å². The molecular weight excluding hydrogens is 206 g/mol. The number of rotatable bonds is 4. The molecule has 1 rings (SSSR count). The Bertz CT molecular complexity index is 235. The van der Waals surface area contributed by atoms with Crippen molar-refractivity contribution in [3.8, 4) is 0 Å². The van der Waals surface area contributed by atoms with Crippen LogP contribution in [0, 0.1) is 5.92 Å². The lowest BCUT2D eigenvalue weighted by molar-refractivity contribution is 0.136. The zero-order valence-electron chi connectivity index (χ0n) is 10.2. The largest absolute Gasteiger partial charge is 0.465 e. The Labute approximate surface area is 97.0 Å². The maximum absolute atomic E-state index is 10.6. The van der Waals surface area contributed by atoms with Crippen LogP contribution in [0.2, 0.25) is 0 Å². The van der Waals surface area contributed by atoms with Gasteiger partial charge in [-0.25, -0.2) is 4.79 Å². The highest BCUT2D eigenvalue weighted by molar-refractivity contribution is 5.65. The van der Waals surface area contributed by atoms with Gasteiger partial charge in [0.2, 0.25) is 0 Å². The van der Waals surface area contributed by atoms with Crippen molar-refractivity contribution in [2.75, 3.05) is 26.2 Å². The Balaban J connectivity index is 2.35. The first-order valence-corrected chi connectivity index (χ1v) is 5.86. The molecular formula is C11H23N3O2. The molecule has 16 heavy (non-hydrogen) atoms. The summed E-state index contributed by atoms with van der Waals surface area (Å²) in [7, 11) is 0. The second-order valence-electron chi connectivity index (χ2n) is 5.27. The van der Waals surface area contributed by atoms with Gasteiger partial charge in [0.1, 0.15) is 0 Å². The number of piperidine rings is 1. The fourth-order valence-corrected chi connectivity index (χ4v) is 2.27. The topological polar surface area (TPSA) is 78.6 Å². The summed E-state index contributed by atoms with van der Waals surface area (Å²) in [6.45, 7) is 7.40. The van der Waals surface area contributed by atoms with Crippen molar-refractivity contribution < 1.29 is 9.90 Å². The molecule has 5 heteroatoms. The number of nitrogens with two attached hydrogens (primary N) is 1. The van der Waals surface area contributed by atoms with E-state index in [1.165, 1.54) is 0 Å². The molecule has 1 amide bonds. The molecule has 0 unspecified atom stereocenters. The van der Waals surface area contributed by atoms with Gasteiger partial charge in [-0.3, -0.25) is 0 Å². The van der Waals surface area contributed by atoms with Crippen molar-refractivity contribution in [3.63, 3.8) is 0 Å². The normalized spacial score (nSPS) is 19.7. The van der Waals surface area contributed by atoms with Crippen LogP contribution in [0.4, 0.5) is 4.79 Å². The first-order valence-electron chi connectivity index (χ1n) is 5.86. The maximum Gasteiger partial charge on any atom is 0.405 e. The zero-order chi connectivity index (χ0) is 12.2. The molecule has 94 valence electrons. The second-order valence-corrected chi connectivity index (χ2v) is 5.27. The van der Waals surface area contributed by atoms with Crippen molar-refractivity contribution in [2.24, 2.45) is 11.7 Å². The minimum absolute atomic E-state index is 0.388. The molecule has 0 aromatic rings. The van der Waals surface area contributed by atoms with Crippen LogP contribution in [-0.2, 0) is 0 Å². The van der Waals surface area contributed by atoms with E-state index in [4.69, 9.17) is 10.8 Å². The number of nitrogens with one attached hydrogen (secondary N) is 1. The van der Waals surface area contributed by atoms with E-state index in [0.29, 0.717) is 5.92 Å². The van der Waals surface area contributed by atoms with Crippen molar-refractivity contribution in [2.45, 2.75) is 32.2 Å². The molecule has 0 saturated carbocycles. The molecule has 0 atom stereocenters. The minimum Gasteiger partial charge on any atom is -0.465 e. The van der Waals surface area contributed by atoms with Crippen LogP contribution in [0.15, 0.2) is 0 Å². The van der Waals surface area contributed by atoms with E-state index < -0.39 is 6.09 Å². The van der Waals surface area contributed by atoms with E-state index in [1.807, 2.05) is 13.8 Å². The van der Waals surface area contributed by atoms with Gasteiger partial charge in [-0.2, -0.15) is 0 Å². The minimum atomic E-state index is -0.957. The quantitative estimate of drug-likeness (QED) is 0.663. The fourth-order valence-electron chi connectivity index (χ4n) is 2.27. The lowest BCUT2D eigenvalue weighted by Gasteiger charge is -2.37. The van der Waals surface area contributed by atoms with Crippen LogP contribution < -0.4 is 11.1 Å². The maximum atomic E-state index is 10.6. The number of nitrogens with zero attached hydrogens (tertiary/aromatic N) is 1. The Morgan fingerprint density at radius 1 is 1.50 bits per heavy atom. The average molecular weight is 229 g/mol. The Kier molecular flexibility index (Phi) is 4.56. The zero-order valence-corrected chi connectivity index (χ0v) is 10.2. The third kappa shape index (κ3) is 4.37. The Morgan fingerprint density at radius 2 is 2.06 bits per heavy atom. The van der Waals surface area contributed by atoms with Crippen molar-refractivity contribution in [1.29, 1.82) is 0 Å². The highest BCUT2D eigenvalue weighted by Gasteiger charge is 2.26. The van der Waals surface area contributed by atoms with Crippen LogP contribution in [0.25, 0.3) is 0 Å². The molecule has 1 aliphatic heterocycles. The number of hydrogen-bond acceptors (Lipinski definition) is 3.